The highest BCUT2D eigenvalue weighted by Crippen LogP contribution is 2.28. The summed E-state index contributed by atoms with van der Waals surface area (Å²) in [6.07, 6.45) is 0. The zero-order valence-corrected chi connectivity index (χ0v) is 17.0. The first-order chi connectivity index (χ1) is 13.1. The predicted octanol–water partition coefficient (Wildman–Crippen LogP) is 5.71. The molecule has 3 aromatic rings. The second-order valence-corrected chi connectivity index (χ2v) is 7.38. The maximum absolute atomic E-state index is 12.9. The predicted molar refractivity (Wildman–Crippen MR) is 112 cm³/mol. The van der Waals surface area contributed by atoms with E-state index >= 15 is 0 Å². The molecule has 0 unspecified atom stereocenters. The quantitative estimate of drug-likeness (QED) is 0.467. The van der Waals surface area contributed by atoms with Gasteiger partial charge in [-0.3, -0.25) is 4.79 Å². The number of carbonyl (C=O) groups excluding carboxylic acids is 1. The van der Waals surface area contributed by atoms with Crippen LogP contribution in [0.1, 0.15) is 11.1 Å². The Morgan fingerprint density at radius 1 is 0.889 bits per heavy atom. The molecule has 1 amide bonds. The van der Waals surface area contributed by atoms with Crippen molar-refractivity contribution in [3.63, 3.8) is 0 Å². The molecule has 0 saturated heterocycles. The van der Waals surface area contributed by atoms with Crippen molar-refractivity contribution < 1.29 is 9.53 Å². The lowest BCUT2D eigenvalue weighted by molar-refractivity contribution is -0.134. The number of nitrogens with zero attached hydrogens (tertiary/aromatic N) is 1. The molecule has 138 valence electrons. The van der Waals surface area contributed by atoms with Gasteiger partial charge in [-0.05, 0) is 45.3 Å². The number of amides is 1. The van der Waals surface area contributed by atoms with Crippen molar-refractivity contribution in [2.45, 2.75) is 13.1 Å². The molecule has 0 heterocycles. The van der Waals surface area contributed by atoms with Crippen molar-refractivity contribution in [3.8, 4) is 5.75 Å². The minimum absolute atomic E-state index is 0.0418. The highest BCUT2D eigenvalue weighted by Gasteiger charge is 2.16. The molecule has 3 rings (SSSR count). The third-order valence-corrected chi connectivity index (χ3v) is 4.89. The molecule has 0 aliphatic rings. The Kier molecular flexibility index (Phi) is 6.91. The van der Waals surface area contributed by atoms with E-state index < -0.39 is 0 Å². The number of hydrogen-bond acceptors (Lipinski definition) is 2. The summed E-state index contributed by atoms with van der Waals surface area (Å²) in [5.41, 5.74) is 2.16. The van der Waals surface area contributed by atoms with Gasteiger partial charge in [-0.2, -0.15) is 0 Å². The van der Waals surface area contributed by atoms with Crippen molar-refractivity contribution in [2.75, 3.05) is 6.61 Å². The maximum Gasteiger partial charge on any atom is 0.261 e. The van der Waals surface area contributed by atoms with E-state index in [2.05, 4.69) is 15.9 Å². The van der Waals surface area contributed by atoms with Gasteiger partial charge >= 0.3 is 0 Å². The molecule has 27 heavy (non-hydrogen) atoms. The summed E-state index contributed by atoms with van der Waals surface area (Å²) in [6.45, 7) is 1.01. The van der Waals surface area contributed by atoms with E-state index in [1.165, 1.54) is 0 Å². The summed E-state index contributed by atoms with van der Waals surface area (Å²) in [4.78, 5) is 14.7. The van der Waals surface area contributed by atoms with Gasteiger partial charge in [0.2, 0.25) is 0 Å². The van der Waals surface area contributed by atoms with Crippen LogP contribution in [0.5, 0.6) is 5.75 Å². The zero-order valence-electron chi connectivity index (χ0n) is 14.6. The molecule has 0 aliphatic heterocycles. The lowest BCUT2D eigenvalue weighted by Gasteiger charge is -2.23. The lowest BCUT2D eigenvalue weighted by atomic mass is 10.1. The van der Waals surface area contributed by atoms with E-state index in [0.29, 0.717) is 23.9 Å². The zero-order chi connectivity index (χ0) is 19.1. The molecule has 0 radical (unpaired) electrons. The smallest absolute Gasteiger partial charge is 0.261 e. The van der Waals surface area contributed by atoms with E-state index in [4.69, 9.17) is 16.3 Å². The van der Waals surface area contributed by atoms with Crippen LogP contribution < -0.4 is 4.74 Å². The Bertz CT molecular complexity index is 846. The van der Waals surface area contributed by atoms with E-state index in [0.717, 1.165) is 15.6 Å². The van der Waals surface area contributed by atoms with Crippen LogP contribution in [0.3, 0.4) is 0 Å². The van der Waals surface area contributed by atoms with Gasteiger partial charge < -0.3 is 9.64 Å². The largest absolute Gasteiger partial charge is 0.483 e. The molecule has 0 atom stereocenters. The van der Waals surface area contributed by atoms with Gasteiger partial charge in [-0.15, -0.1) is 0 Å². The summed E-state index contributed by atoms with van der Waals surface area (Å²) in [6, 6.07) is 25.1. The van der Waals surface area contributed by atoms with Gasteiger partial charge in [0.15, 0.2) is 6.61 Å². The van der Waals surface area contributed by atoms with Gasteiger partial charge in [0, 0.05) is 18.1 Å². The highest BCUT2D eigenvalue weighted by molar-refractivity contribution is 9.10. The number of hydrogen-bond donors (Lipinski definition) is 0. The van der Waals surface area contributed by atoms with Gasteiger partial charge in [0.25, 0.3) is 5.91 Å². The molecule has 0 saturated carbocycles. The summed E-state index contributed by atoms with van der Waals surface area (Å²) >= 11 is 9.36. The van der Waals surface area contributed by atoms with Crippen LogP contribution in [0.2, 0.25) is 5.02 Å². The molecule has 0 bridgehead atoms. The Labute approximate surface area is 172 Å². The molecule has 0 fully saturated rings. The standard InChI is InChI=1S/C22H19BrClNO2/c23-20-13-19(24)11-12-21(20)27-16-22(26)25(14-17-7-3-1-4-8-17)15-18-9-5-2-6-10-18/h1-13H,14-16H2. The topological polar surface area (TPSA) is 29.5 Å². The van der Waals surface area contributed by atoms with Crippen molar-refractivity contribution in [1.29, 1.82) is 0 Å². The van der Waals surface area contributed by atoms with Gasteiger partial charge in [0.05, 0.1) is 4.47 Å². The molecule has 5 heteroatoms. The van der Waals surface area contributed by atoms with E-state index in [1.54, 1.807) is 23.1 Å². The molecule has 0 aliphatic carbocycles. The van der Waals surface area contributed by atoms with Crippen molar-refractivity contribution in [1.82, 2.24) is 4.90 Å². The number of benzene rings is 3. The van der Waals surface area contributed by atoms with Crippen molar-refractivity contribution >= 4 is 33.4 Å². The monoisotopic (exact) mass is 443 g/mol. The Balaban J connectivity index is 1.71. The summed E-state index contributed by atoms with van der Waals surface area (Å²) in [5.74, 6) is 0.511. The van der Waals surface area contributed by atoms with Crippen LogP contribution in [-0.4, -0.2) is 17.4 Å². The normalized spacial score (nSPS) is 10.4. The van der Waals surface area contributed by atoms with E-state index in [-0.39, 0.29) is 12.5 Å². The minimum atomic E-state index is -0.0791. The fraction of sp³-hybridized carbons (Fsp3) is 0.136. The third-order valence-electron chi connectivity index (χ3n) is 4.03. The molecule has 3 nitrogen and oxygen atoms in total. The SMILES string of the molecule is O=C(COc1ccc(Cl)cc1Br)N(Cc1ccccc1)Cc1ccccc1. The molecule has 0 N–H and O–H groups in total. The second-order valence-electron chi connectivity index (χ2n) is 6.08. The highest BCUT2D eigenvalue weighted by atomic mass is 79.9. The van der Waals surface area contributed by atoms with Crippen LogP contribution >= 0.6 is 27.5 Å². The second kappa shape index (κ2) is 9.58. The van der Waals surface area contributed by atoms with Crippen molar-refractivity contribution in [2.24, 2.45) is 0 Å². The van der Waals surface area contributed by atoms with Gasteiger partial charge in [-0.25, -0.2) is 0 Å². The van der Waals surface area contributed by atoms with Crippen LogP contribution in [-0.2, 0) is 17.9 Å². The van der Waals surface area contributed by atoms with Crippen LogP contribution in [0.4, 0.5) is 0 Å². The number of halogens is 2. The van der Waals surface area contributed by atoms with Gasteiger partial charge in [0.1, 0.15) is 5.75 Å². The van der Waals surface area contributed by atoms with E-state index in [1.807, 2.05) is 60.7 Å². The summed E-state index contributed by atoms with van der Waals surface area (Å²) in [7, 11) is 0. The molecule has 0 aromatic heterocycles. The third kappa shape index (κ3) is 5.84. The number of rotatable bonds is 7. The molecular weight excluding hydrogens is 426 g/mol. The first-order valence-corrected chi connectivity index (χ1v) is 9.72. The Morgan fingerprint density at radius 2 is 1.44 bits per heavy atom. The van der Waals surface area contributed by atoms with Crippen LogP contribution in [0, 0.1) is 0 Å². The average Bonchev–Trinajstić information content (AvgIpc) is 2.68. The Morgan fingerprint density at radius 3 is 1.96 bits per heavy atom. The first kappa shape index (κ1) is 19.5. The number of carbonyl (C=O) groups is 1. The molecule has 0 spiro atoms. The van der Waals surface area contributed by atoms with Crippen LogP contribution in [0.15, 0.2) is 83.3 Å². The van der Waals surface area contributed by atoms with E-state index in [9.17, 15) is 4.79 Å². The Hall–Kier alpha value is -2.30. The first-order valence-electron chi connectivity index (χ1n) is 8.55. The fourth-order valence-electron chi connectivity index (χ4n) is 2.66. The van der Waals surface area contributed by atoms with Crippen LogP contribution in [0.25, 0.3) is 0 Å². The van der Waals surface area contributed by atoms with Gasteiger partial charge in [-0.1, -0.05) is 72.3 Å². The summed E-state index contributed by atoms with van der Waals surface area (Å²) < 4.78 is 6.44. The van der Waals surface area contributed by atoms with Crippen molar-refractivity contribution in [3.05, 3.63) is 99.5 Å². The fourth-order valence-corrected chi connectivity index (χ4v) is 3.46. The molecule has 3 aromatic carbocycles. The number of ether oxygens (including phenoxy) is 1. The minimum Gasteiger partial charge on any atom is -0.483 e. The maximum atomic E-state index is 12.9. The lowest BCUT2D eigenvalue weighted by Crippen LogP contribution is -2.34. The summed E-state index contributed by atoms with van der Waals surface area (Å²) in [5, 5.41) is 0.607. The molecular formula is C22H19BrClNO2. The average molecular weight is 445 g/mol.